The molecule has 1 heteroatoms. The lowest BCUT2D eigenvalue weighted by Crippen LogP contribution is -2.21. The molecule has 0 spiro atoms. The zero-order valence-corrected chi connectivity index (χ0v) is 9.09. The Morgan fingerprint density at radius 2 is 2.07 bits per heavy atom. The number of hydrogen-bond donors (Lipinski definition) is 1. The Morgan fingerprint density at radius 3 is 2.71 bits per heavy atom. The Hall–Kier alpha value is -0.820. The maximum absolute atomic E-state index is 3.60. The highest BCUT2D eigenvalue weighted by Crippen LogP contribution is 2.28. The van der Waals surface area contributed by atoms with Crippen molar-refractivity contribution in [1.29, 1.82) is 0 Å². The van der Waals surface area contributed by atoms with Crippen LogP contribution in [0.1, 0.15) is 36.9 Å². The molecular formula is C13H19N. The average Bonchev–Trinajstić information content (AvgIpc) is 2.98. The third kappa shape index (κ3) is 2.36. The molecule has 0 amide bonds. The van der Waals surface area contributed by atoms with E-state index < -0.39 is 0 Å². The van der Waals surface area contributed by atoms with Crippen molar-refractivity contribution in [2.75, 3.05) is 6.54 Å². The van der Waals surface area contributed by atoms with Gasteiger partial charge in [0.1, 0.15) is 0 Å². The fourth-order valence-electron chi connectivity index (χ4n) is 1.85. The standard InChI is InChI=1S/C13H19N/c1-10-5-3-4-6-13(10)11(2)14-9-12-7-8-12/h3-6,11-12,14H,7-9H2,1-2H3. The molecule has 0 aliphatic heterocycles. The Kier molecular flexibility index (Phi) is 2.87. The first-order valence-electron chi connectivity index (χ1n) is 5.56. The fraction of sp³-hybridized carbons (Fsp3) is 0.538. The van der Waals surface area contributed by atoms with E-state index in [1.165, 1.54) is 30.5 Å². The Labute approximate surface area is 86.5 Å². The van der Waals surface area contributed by atoms with E-state index in [0.29, 0.717) is 6.04 Å². The maximum atomic E-state index is 3.60. The van der Waals surface area contributed by atoms with Gasteiger partial charge in [-0.1, -0.05) is 24.3 Å². The van der Waals surface area contributed by atoms with Crippen LogP contribution in [0.4, 0.5) is 0 Å². The van der Waals surface area contributed by atoms with Crippen LogP contribution in [0, 0.1) is 12.8 Å². The van der Waals surface area contributed by atoms with E-state index in [4.69, 9.17) is 0 Å². The minimum atomic E-state index is 0.497. The van der Waals surface area contributed by atoms with Gasteiger partial charge in [-0.05, 0) is 50.3 Å². The molecule has 1 aliphatic carbocycles. The van der Waals surface area contributed by atoms with E-state index >= 15 is 0 Å². The van der Waals surface area contributed by atoms with E-state index in [1.54, 1.807) is 0 Å². The van der Waals surface area contributed by atoms with Crippen LogP contribution in [0.25, 0.3) is 0 Å². The van der Waals surface area contributed by atoms with E-state index in [9.17, 15) is 0 Å². The molecule has 14 heavy (non-hydrogen) atoms. The number of rotatable bonds is 4. The Morgan fingerprint density at radius 1 is 1.36 bits per heavy atom. The fourth-order valence-corrected chi connectivity index (χ4v) is 1.85. The molecule has 0 saturated heterocycles. The van der Waals surface area contributed by atoms with Gasteiger partial charge in [-0.25, -0.2) is 0 Å². The number of nitrogens with one attached hydrogen (secondary N) is 1. The molecule has 1 aromatic rings. The van der Waals surface area contributed by atoms with Crippen molar-refractivity contribution in [2.24, 2.45) is 5.92 Å². The lowest BCUT2D eigenvalue weighted by molar-refractivity contribution is 0.547. The number of benzene rings is 1. The van der Waals surface area contributed by atoms with Gasteiger partial charge in [-0.2, -0.15) is 0 Å². The summed E-state index contributed by atoms with van der Waals surface area (Å²) < 4.78 is 0. The van der Waals surface area contributed by atoms with Crippen molar-refractivity contribution in [2.45, 2.75) is 32.7 Å². The highest BCUT2D eigenvalue weighted by molar-refractivity contribution is 5.28. The second kappa shape index (κ2) is 4.14. The van der Waals surface area contributed by atoms with Crippen LogP contribution in [-0.2, 0) is 0 Å². The molecule has 1 saturated carbocycles. The van der Waals surface area contributed by atoms with Gasteiger partial charge < -0.3 is 5.32 Å². The first kappa shape index (κ1) is 9.72. The normalized spacial score (nSPS) is 18.1. The average molecular weight is 189 g/mol. The van der Waals surface area contributed by atoms with Crippen molar-refractivity contribution in [3.8, 4) is 0 Å². The second-order valence-electron chi connectivity index (χ2n) is 4.43. The first-order chi connectivity index (χ1) is 6.77. The SMILES string of the molecule is Cc1ccccc1C(C)NCC1CC1. The molecule has 1 aliphatic rings. The van der Waals surface area contributed by atoms with Crippen molar-refractivity contribution in [1.82, 2.24) is 5.32 Å². The highest BCUT2D eigenvalue weighted by atomic mass is 14.9. The van der Waals surface area contributed by atoms with Crippen molar-refractivity contribution in [3.05, 3.63) is 35.4 Å². The molecule has 1 nitrogen and oxygen atoms in total. The van der Waals surface area contributed by atoms with Gasteiger partial charge in [0.25, 0.3) is 0 Å². The highest BCUT2D eigenvalue weighted by Gasteiger charge is 2.21. The summed E-state index contributed by atoms with van der Waals surface area (Å²) in [5, 5.41) is 3.60. The minimum absolute atomic E-state index is 0.497. The summed E-state index contributed by atoms with van der Waals surface area (Å²) in [4.78, 5) is 0. The molecule has 1 fully saturated rings. The van der Waals surface area contributed by atoms with Crippen LogP contribution in [0.5, 0.6) is 0 Å². The van der Waals surface area contributed by atoms with Gasteiger partial charge in [0.15, 0.2) is 0 Å². The summed E-state index contributed by atoms with van der Waals surface area (Å²) in [6.45, 7) is 5.63. The molecule has 1 atom stereocenters. The lowest BCUT2D eigenvalue weighted by Gasteiger charge is -2.16. The molecule has 1 unspecified atom stereocenters. The summed E-state index contributed by atoms with van der Waals surface area (Å²) in [6, 6.07) is 9.13. The smallest absolute Gasteiger partial charge is 0.0294 e. The van der Waals surface area contributed by atoms with Gasteiger partial charge in [-0.15, -0.1) is 0 Å². The second-order valence-corrected chi connectivity index (χ2v) is 4.43. The molecule has 76 valence electrons. The maximum Gasteiger partial charge on any atom is 0.0294 e. The van der Waals surface area contributed by atoms with Crippen LogP contribution in [0.3, 0.4) is 0 Å². The van der Waals surface area contributed by atoms with Crippen LogP contribution >= 0.6 is 0 Å². The van der Waals surface area contributed by atoms with Crippen molar-refractivity contribution < 1.29 is 0 Å². The summed E-state index contributed by atoms with van der Waals surface area (Å²) >= 11 is 0. The van der Waals surface area contributed by atoms with Gasteiger partial charge in [0.05, 0.1) is 0 Å². The summed E-state index contributed by atoms with van der Waals surface area (Å²) in [5.74, 6) is 0.960. The number of hydrogen-bond acceptors (Lipinski definition) is 1. The van der Waals surface area contributed by atoms with Crippen LogP contribution < -0.4 is 5.32 Å². The van der Waals surface area contributed by atoms with Gasteiger partial charge in [0, 0.05) is 6.04 Å². The third-order valence-electron chi connectivity index (χ3n) is 3.06. The van der Waals surface area contributed by atoms with Crippen molar-refractivity contribution >= 4 is 0 Å². The Bertz CT molecular complexity index is 302. The van der Waals surface area contributed by atoms with Crippen LogP contribution in [0.2, 0.25) is 0 Å². The van der Waals surface area contributed by atoms with Crippen LogP contribution in [0.15, 0.2) is 24.3 Å². The predicted molar refractivity (Wildman–Crippen MR) is 60.3 cm³/mol. The van der Waals surface area contributed by atoms with Gasteiger partial charge >= 0.3 is 0 Å². The van der Waals surface area contributed by atoms with E-state index in [-0.39, 0.29) is 0 Å². The quantitative estimate of drug-likeness (QED) is 0.767. The van der Waals surface area contributed by atoms with E-state index in [2.05, 4.69) is 43.4 Å². The minimum Gasteiger partial charge on any atom is -0.310 e. The molecule has 1 aromatic carbocycles. The van der Waals surface area contributed by atoms with E-state index in [1.807, 2.05) is 0 Å². The summed E-state index contributed by atoms with van der Waals surface area (Å²) in [5.41, 5.74) is 2.83. The van der Waals surface area contributed by atoms with Crippen molar-refractivity contribution in [3.63, 3.8) is 0 Å². The molecular weight excluding hydrogens is 170 g/mol. The van der Waals surface area contributed by atoms with Gasteiger partial charge in [0.2, 0.25) is 0 Å². The predicted octanol–water partition coefficient (Wildman–Crippen LogP) is 3.06. The Balaban J connectivity index is 1.95. The zero-order chi connectivity index (χ0) is 9.97. The zero-order valence-electron chi connectivity index (χ0n) is 9.09. The summed E-state index contributed by atoms with van der Waals surface area (Å²) in [7, 11) is 0. The third-order valence-corrected chi connectivity index (χ3v) is 3.06. The molecule has 1 N–H and O–H groups in total. The van der Waals surface area contributed by atoms with E-state index in [0.717, 1.165) is 5.92 Å². The number of aryl methyl sites for hydroxylation is 1. The monoisotopic (exact) mass is 189 g/mol. The first-order valence-corrected chi connectivity index (χ1v) is 5.56. The molecule has 0 aromatic heterocycles. The molecule has 0 radical (unpaired) electrons. The molecule has 0 heterocycles. The van der Waals surface area contributed by atoms with Crippen LogP contribution in [-0.4, -0.2) is 6.54 Å². The summed E-state index contributed by atoms with van der Waals surface area (Å²) in [6.07, 6.45) is 2.85. The topological polar surface area (TPSA) is 12.0 Å². The lowest BCUT2D eigenvalue weighted by atomic mass is 10.0. The molecule has 2 rings (SSSR count). The molecule has 0 bridgehead atoms. The largest absolute Gasteiger partial charge is 0.310 e. The van der Waals surface area contributed by atoms with Gasteiger partial charge in [-0.3, -0.25) is 0 Å².